The zero-order chi connectivity index (χ0) is 15.2. The predicted octanol–water partition coefficient (Wildman–Crippen LogP) is 3.03. The Labute approximate surface area is 126 Å². The topological polar surface area (TPSA) is 32.3 Å². The fraction of sp³-hybridized carbons (Fsp3) is 0.278. The fourth-order valence-electron chi connectivity index (χ4n) is 2.35. The number of carbonyl (C=O) groups excluding carboxylic acids is 1. The molecule has 0 saturated heterocycles. The minimum atomic E-state index is -0.0241. The van der Waals surface area contributed by atoms with E-state index in [4.69, 9.17) is 0 Å². The molecule has 0 radical (unpaired) electrons. The molecule has 1 amide bonds. The number of likely N-dealkylation sites (N-methyl/N-ethyl adjacent to an activating group) is 1. The van der Waals surface area contributed by atoms with Crippen molar-refractivity contribution in [3.8, 4) is 11.1 Å². The van der Waals surface area contributed by atoms with Crippen molar-refractivity contribution in [1.82, 2.24) is 10.2 Å². The van der Waals surface area contributed by atoms with Gasteiger partial charge >= 0.3 is 0 Å². The first kappa shape index (κ1) is 15.3. The number of amides is 1. The molecule has 0 aliphatic carbocycles. The molecule has 0 spiro atoms. The summed E-state index contributed by atoms with van der Waals surface area (Å²) in [7, 11) is 3.99. The van der Waals surface area contributed by atoms with Crippen LogP contribution in [-0.4, -0.2) is 37.5 Å². The summed E-state index contributed by atoms with van der Waals surface area (Å²) < 4.78 is 0. The number of hydrogen-bond acceptors (Lipinski definition) is 2. The van der Waals surface area contributed by atoms with E-state index >= 15 is 0 Å². The smallest absolute Gasteiger partial charge is 0.251 e. The molecule has 0 unspecified atom stereocenters. The second-order valence-corrected chi connectivity index (χ2v) is 5.58. The van der Waals surface area contributed by atoms with Crippen LogP contribution in [0.4, 0.5) is 0 Å². The molecule has 0 aliphatic rings. The van der Waals surface area contributed by atoms with E-state index in [9.17, 15) is 4.79 Å². The first-order valence-electron chi connectivity index (χ1n) is 7.17. The summed E-state index contributed by atoms with van der Waals surface area (Å²) in [5.41, 5.74) is 2.97. The van der Waals surface area contributed by atoms with Crippen molar-refractivity contribution in [2.24, 2.45) is 0 Å². The summed E-state index contributed by atoms with van der Waals surface area (Å²) in [5, 5.41) is 3.01. The third-order valence-electron chi connectivity index (χ3n) is 3.27. The average molecular weight is 282 g/mol. The van der Waals surface area contributed by atoms with E-state index in [2.05, 4.69) is 22.3 Å². The minimum Gasteiger partial charge on any atom is -0.348 e. The van der Waals surface area contributed by atoms with Crippen LogP contribution in [-0.2, 0) is 0 Å². The Morgan fingerprint density at radius 1 is 1.00 bits per heavy atom. The number of rotatable bonds is 5. The van der Waals surface area contributed by atoms with Crippen molar-refractivity contribution in [2.75, 3.05) is 20.6 Å². The Morgan fingerprint density at radius 3 is 2.14 bits per heavy atom. The maximum Gasteiger partial charge on any atom is 0.251 e. The van der Waals surface area contributed by atoms with E-state index in [1.165, 1.54) is 0 Å². The van der Waals surface area contributed by atoms with Gasteiger partial charge in [-0.2, -0.15) is 0 Å². The first-order valence-corrected chi connectivity index (χ1v) is 7.17. The third kappa shape index (κ3) is 4.43. The Hall–Kier alpha value is -2.13. The maximum absolute atomic E-state index is 12.2. The van der Waals surface area contributed by atoms with Gasteiger partial charge in [-0.1, -0.05) is 42.5 Å². The predicted molar refractivity (Wildman–Crippen MR) is 87.4 cm³/mol. The highest BCUT2D eigenvalue weighted by Gasteiger charge is 2.10. The highest BCUT2D eigenvalue weighted by Crippen LogP contribution is 2.19. The van der Waals surface area contributed by atoms with E-state index in [1.807, 2.05) is 63.5 Å². The molecule has 110 valence electrons. The van der Waals surface area contributed by atoms with Gasteiger partial charge < -0.3 is 10.2 Å². The summed E-state index contributed by atoms with van der Waals surface area (Å²) in [4.78, 5) is 14.2. The van der Waals surface area contributed by atoms with E-state index < -0.39 is 0 Å². The molecule has 3 nitrogen and oxygen atoms in total. The van der Waals surface area contributed by atoms with Crippen molar-refractivity contribution in [2.45, 2.75) is 13.0 Å². The number of carbonyl (C=O) groups is 1. The Balaban J connectivity index is 2.03. The van der Waals surface area contributed by atoms with Crippen LogP contribution in [0.2, 0.25) is 0 Å². The average Bonchev–Trinajstić information content (AvgIpc) is 2.47. The van der Waals surface area contributed by atoms with Crippen LogP contribution in [0.3, 0.4) is 0 Å². The highest BCUT2D eigenvalue weighted by atomic mass is 16.1. The van der Waals surface area contributed by atoms with Gasteiger partial charge in [-0.15, -0.1) is 0 Å². The quantitative estimate of drug-likeness (QED) is 0.914. The molecule has 0 heterocycles. The van der Waals surface area contributed by atoms with Gasteiger partial charge in [-0.25, -0.2) is 0 Å². The van der Waals surface area contributed by atoms with E-state index in [0.717, 1.165) is 17.7 Å². The molecule has 2 rings (SSSR count). The molecule has 2 aromatic carbocycles. The molecule has 1 N–H and O–H groups in total. The van der Waals surface area contributed by atoms with Gasteiger partial charge in [-0.05, 0) is 44.3 Å². The molecular weight excluding hydrogens is 260 g/mol. The molecule has 0 aliphatic heterocycles. The van der Waals surface area contributed by atoms with Crippen molar-refractivity contribution < 1.29 is 4.79 Å². The van der Waals surface area contributed by atoms with Crippen LogP contribution in [0.1, 0.15) is 17.3 Å². The van der Waals surface area contributed by atoms with Crippen molar-refractivity contribution in [3.05, 3.63) is 60.2 Å². The van der Waals surface area contributed by atoms with Crippen LogP contribution in [0, 0.1) is 0 Å². The molecule has 0 saturated carbocycles. The number of nitrogens with zero attached hydrogens (tertiary/aromatic N) is 1. The summed E-state index contributed by atoms with van der Waals surface area (Å²) in [5.74, 6) is -0.0241. The second kappa shape index (κ2) is 7.04. The molecule has 2 aromatic rings. The molecule has 0 fully saturated rings. The number of benzene rings is 2. The van der Waals surface area contributed by atoms with Crippen LogP contribution in [0.15, 0.2) is 54.6 Å². The van der Waals surface area contributed by atoms with Crippen LogP contribution in [0.5, 0.6) is 0 Å². The number of hydrogen-bond donors (Lipinski definition) is 1. The summed E-state index contributed by atoms with van der Waals surface area (Å²) in [6, 6.07) is 18.0. The van der Waals surface area contributed by atoms with Crippen LogP contribution in [0.25, 0.3) is 11.1 Å². The van der Waals surface area contributed by atoms with Gasteiger partial charge in [0.05, 0.1) is 0 Å². The van der Waals surface area contributed by atoms with Crippen LogP contribution >= 0.6 is 0 Å². The zero-order valence-electron chi connectivity index (χ0n) is 12.8. The lowest BCUT2D eigenvalue weighted by molar-refractivity contribution is 0.0934. The largest absolute Gasteiger partial charge is 0.348 e. The Morgan fingerprint density at radius 2 is 1.57 bits per heavy atom. The molecule has 0 aromatic heterocycles. The summed E-state index contributed by atoms with van der Waals surface area (Å²) in [6.07, 6.45) is 0. The van der Waals surface area contributed by atoms with Gasteiger partial charge in [0.25, 0.3) is 5.91 Å². The van der Waals surface area contributed by atoms with Crippen molar-refractivity contribution in [3.63, 3.8) is 0 Å². The van der Waals surface area contributed by atoms with E-state index in [0.29, 0.717) is 5.56 Å². The van der Waals surface area contributed by atoms with Gasteiger partial charge in [-0.3, -0.25) is 4.79 Å². The molecule has 3 heteroatoms. The lowest BCUT2D eigenvalue weighted by Gasteiger charge is -2.18. The van der Waals surface area contributed by atoms with Gasteiger partial charge in [0, 0.05) is 18.2 Å². The van der Waals surface area contributed by atoms with Crippen molar-refractivity contribution >= 4 is 5.91 Å². The molecule has 1 atom stereocenters. The zero-order valence-corrected chi connectivity index (χ0v) is 12.8. The standard InChI is InChI=1S/C18H22N2O/c1-14(13-20(2)3)19-18(21)17-11-9-16(10-12-17)15-7-5-4-6-8-15/h4-12,14H,13H2,1-3H3,(H,19,21)/t14-/m1/s1. The molecule has 21 heavy (non-hydrogen) atoms. The van der Waals surface area contributed by atoms with Gasteiger partial charge in [0.2, 0.25) is 0 Å². The monoisotopic (exact) mass is 282 g/mol. The second-order valence-electron chi connectivity index (χ2n) is 5.58. The van der Waals surface area contributed by atoms with Gasteiger partial charge in [0.1, 0.15) is 0 Å². The van der Waals surface area contributed by atoms with E-state index in [1.54, 1.807) is 0 Å². The van der Waals surface area contributed by atoms with Gasteiger partial charge in [0.15, 0.2) is 0 Å². The normalized spacial score (nSPS) is 12.2. The maximum atomic E-state index is 12.2. The highest BCUT2D eigenvalue weighted by molar-refractivity contribution is 5.94. The van der Waals surface area contributed by atoms with Crippen molar-refractivity contribution in [1.29, 1.82) is 0 Å². The lowest BCUT2D eigenvalue weighted by Crippen LogP contribution is -2.39. The van der Waals surface area contributed by atoms with Crippen LogP contribution < -0.4 is 5.32 Å². The van der Waals surface area contributed by atoms with E-state index in [-0.39, 0.29) is 11.9 Å². The third-order valence-corrected chi connectivity index (χ3v) is 3.27. The minimum absolute atomic E-state index is 0.0241. The molecule has 0 bridgehead atoms. The SMILES string of the molecule is C[C@H](CN(C)C)NC(=O)c1ccc(-c2ccccc2)cc1. The summed E-state index contributed by atoms with van der Waals surface area (Å²) >= 11 is 0. The number of nitrogens with one attached hydrogen (secondary N) is 1. The fourth-order valence-corrected chi connectivity index (χ4v) is 2.35. The molecular formula is C18H22N2O. The lowest BCUT2D eigenvalue weighted by atomic mass is 10.0. The Bertz CT molecular complexity index is 576. The Kier molecular flexibility index (Phi) is 5.12. The summed E-state index contributed by atoms with van der Waals surface area (Å²) in [6.45, 7) is 2.84. The first-order chi connectivity index (χ1) is 10.1.